The molecule has 0 saturated heterocycles. The molecule has 0 fully saturated rings. The lowest BCUT2D eigenvalue weighted by Gasteiger charge is -2.33. The lowest BCUT2D eigenvalue weighted by molar-refractivity contribution is 0.218. The van der Waals surface area contributed by atoms with Gasteiger partial charge in [0.1, 0.15) is 121 Å². The molecule has 13 aromatic rings. The molecule has 0 aromatic heterocycles. The molecule has 0 radical (unpaired) electrons. The molecule has 2 unspecified atom stereocenters. The Labute approximate surface area is 639 Å². The Hall–Kier alpha value is -8.62. The first kappa shape index (κ1) is 77.0. The molecule has 4 nitrogen and oxygen atoms in total. The lowest BCUT2D eigenvalue weighted by Crippen LogP contribution is -2.43. The Bertz CT molecular complexity index is 4600. The average molecular weight is 1500 g/mol. The van der Waals surface area contributed by atoms with E-state index in [1.165, 1.54) is 75.0 Å². The zero-order chi connectivity index (χ0) is 74.4. The Kier molecular flexibility index (Phi) is 25.1. The summed E-state index contributed by atoms with van der Waals surface area (Å²) in [5, 5.41) is 20.5. The van der Waals surface area contributed by atoms with Crippen molar-refractivity contribution in [3.8, 4) is 0 Å². The summed E-state index contributed by atoms with van der Waals surface area (Å²) in [7, 11) is -5.14. The van der Waals surface area contributed by atoms with Gasteiger partial charge in [-0.3, -0.25) is 0 Å². The van der Waals surface area contributed by atoms with Gasteiger partial charge in [0.25, 0.3) is 0 Å². The van der Waals surface area contributed by atoms with Crippen molar-refractivity contribution in [2.75, 3.05) is 89.8 Å². The molecule has 2 atom stereocenters. The van der Waals surface area contributed by atoms with E-state index in [1.54, 1.807) is 10.6 Å². The summed E-state index contributed by atoms with van der Waals surface area (Å²) < 4.78 is 0. The Morgan fingerprint density at radius 3 is 0.726 bits per heavy atom. The molecule has 534 valence electrons. The van der Waals surface area contributed by atoms with E-state index in [9.17, 15) is 0 Å². The maximum Gasteiger partial charge on any atom is 0.147 e. The average Bonchev–Trinajstić information content (AvgIpc) is 0.898. The van der Waals surface area contributed by atoms with Gasteiger partial charge in [-0.05, 0) is 172 Å². The van der Waals surface area contributed by atoms with Crippen LogP contribution in [0, 0.1) is 0 Å². The van der Waals surface area contributed by atoms with Crippen LogP contribution in [0.2, 0.25) is 0 Å². The van der Waals surface area contributed by atoms with Crippen molar-refractivity contribution in [1.82, 2.24) is 9.80 Å². The maximum atomic E-state index is 2.59. The fourth-order valence-electron chi connectivity index (χ4n) is 15.2. The molecule has 13 aromatic carbocycles. The van der Waals surface area contributed by atoms with Crippen LogP contribution in [0.25, 0.3) is 0 Å². The first-order valence-corrected chi connectivity index (χ1v) is 51.6. The molecule has 0 aliphatic carbocycles. The molecule has 0 bridgehead atoms. The van der Waals surface area contributed by atoms with Crippen LogP contribution in [0.5, 0.6) is 0 Å². The van der Waals surface area contributed by atoms with E-state index in [-0.39, 0.29) is 0 Å². The van der Waals surface area contributed by atoms with E-state index >= 15 is 0 Å². The third-order valence-corrected chi connectivity index (χ3v) is 43.6. The molecular weight excluding hydrogens is 1390 g/mol. The number of rotatable bonds is 18. The molecule has 0 amide bonds. The first-order chi connectivity index (χ1) is 51.3. The summed E-state index contributed by atoms with van der Waals surface area (Å²) >= 11 is 0. The first-order valence-electron chi connectivity index (χ1n) is 36.9. The van der Waals surface area contributed by atoms with E-state index in [2.05, 4.69) is 489 Å². The molecule has 2 aliphatic heterocycles. The van der Waals surface area contributed by atoms with Crippen molar-refractivity contribution in [3.05, 3.63) is 389 Å². The number of para-hydroxylation sites is 2. The van der Waals surface area contributed by atoms with Crippen molar-refractivity contribution in [2.45, 2.75) is 26.2 Å². The third kappa shape index (κ3) is 16.4. The summed E-state index contributed by atoms with van der Waals surface area (Å²) in [4.78, 5) is 9.70. The van der Waals surface area contributed by atoms with Gasteiger partial charge in [-0.1, -0.05) is 218 Å². The predicted molar refractivity (Wildman–Crippen MR) is 486 cm³/mol. The minimum Gasteiger partial charge on any atom is -0.359 e. The van der Waals surface area contributed by atoms with Gasteiger partial charge in [-0.2, -0.15) is 0 Å². The van der Waals surface area contributed by atoms with Gasteiger partial charge in [-0.25, -0.2) is 0 Å². The number of hydrogen-bond donors (Lipinski definition) is 0. The minimum absolute atomic E-state index is 0.360. The van der Waals surface area contributed by atoms with Crippen LogP contribution in [-0.4, -0.2) is 102 Å². The Morgan fingerprint density at radius 1 is 0.236 bits per heavy atom. The third-order valence-electron chi connectivity index (χ3n) is 21.9. The number of nitrogens with zero attached hydrogens (tertiary/aromatic N) is 4. The SMILES string of the molecule is CC1N(C)C=CN1C[P+](C)(c1ccccc1)c1ccccc1.CC1N(C)c2ccccc2N1C[P+](C)(c1ccccc1)c1ccccc1.C[P+](C)(C)c1ccccc1[P+](C)(c1ccccc1)c1ccccc1.C[P+](c1ccccc1)(c1ccccc1)c1ccccc1[P+](C)(c1ccccc1)c1ccccc1. The smallest absolute Gasteiger partial charge is 0.147 e. The molecule has 2 aliphatic rings. The molecule has 0 N–H and O–H groups in total. The van der Waals surface area contributed by atoms with Gasteiger partial charge >= 0.3 is 0 Å². The van der Waals surface area contributed by atoms with Gasteiger partial charge in [0, 0.05) is 33.8 Å². The van der Waals surface area contributed by atoms with Gasteiger partial charge in [0.15, 0.2) is 0 Å². The fourth-order valence-corrected chi connectivity index (χ4v) is 35.7. The topological polar surface area (TPSA) is 13.0 Å². The van der Waals surface area contributed by atoms with Crippen molar-refractivity contribution >= 4 is 129 Å². The second kappa shape index (κ2) is 34.5. The summed E-state index contributed by atoms with van der Waals surface area (Å²) in [6, 6.07) is 138. The molecule has 0 saturated carbocycles. The van der Waals surface area contributed by atoms with Gasteiger partial charge in [0.05, 0.1) is 79.2 Å². The minimum atomic E-state index is -1.87. The van der Waals surface area contributed by atoms with Crippen molar-refractivity contribution < 1.29 is 0 Å². The standard InChI is InChI=1S/C32H30P2.C23H26N2P.C22H26P2.C19H24N2P/c1-33(27-17-7-3-8-18-27,28-19-9-4-10-20-28)31-25-15-16-26-32(31)34(2,29-21-11-5-12-22-29)30-23-13-6-14-24-30;1-19-24(2)22-16-10-11-17-23(22)25(19)18-26(3,20-12-6-4-7-13-20)21-14-8-5-9-15-21;1-23(2,3)21-17-11-12-18-22(21)24(4,19-13-7-5-8-14-19)20-15-9-6-10-16-20;1-17-20(2)14-15-21(17)16-22(3,18-10-6-4-7-11-18)19-12-8-5-9-13-19/h3-26H,1-2H3;4-17,19H,18H2,1-3H3;5-18H,1-4H3;4-15,17H,16H2,1-3H3/q+2;+1;+2;+1. The molecule has 106 heavy (non-hydrogen) atoms. The van der Waals surface area contributed by atoms with Crippen LogP contribution in [-0.2, 0) is 0 Å². The zero-order valence-electron chi connectivity index (χ0n) is 64.0. The van der Waals surface area contributed by atoms with Crippen LogP contribution >= 0.6 is 43.6 Å². The predicted octanol–water partition coefficient (Wildman–Crippen LogP) is 17.5. The van der Waals surface area contributed by atoms with Crippen LogP contribution < -0.4 is 84.1 Å². The van der Waals surface area contributed by atoms with Crippen LogP contribution in [0.4, 0.5) is 11.4 Å². The summed E-state index contributed by atoms with van der Waals surface area (Å²) in [6.07, 6.45) is 7.30. The van der Waals surface area contributed by atoms with Gasteiger partial charge in [0.2, 0.25) is 0 Å². The second-order valence-electron chi connectivity index (χ2n) is 29.3. The van der Waals surface area contributed by atoms with E-state index in [1.807, 2.05) is 0 Å². The van der Waals surface area contributed by atoms with Crippen molar-refractivity contribution in [2.24, 2.45) is 0 Å². The van der Waals surface area contributed by atoms with Crippen LogP contribution in [0.1, 0.15) is 13.8 Å². The monoisotopic (exact) mass is 1500 g/mol. The van der Waals surface area contributed by atoms with E-state index in [0.29, 0.717) is 12.3 Å². The van der Waals surface area contributed by atoms with E-state index in [4.69, 9.17) is 0 Å². The number of benzene rings is 13. The number of hydrogen-bond acceptors (Lipinski definition) is 4. The van der Waals surface area contributed by atoms with Crippen LogP contribution in [0.3, 0.4) is 0 Å². The molecule has 10 heteroatoms. The summed E-state index contributed by atoms with van der Waals surface area (Å²) in [5.41, 5.74) is 2.67. The number of fused-ring (bicyclic) bond motifs is 1. The van der Waals surface area contributed by atoms with E-state index in [0.717, 1.165) is 12.6 Å². The summed E-state index contributed by atoms with van der Waals surface area (Å²) in [6.45, 7) is 24.2. The van der Waals surface area contributed by atoms with Crippen LogP contribution in [0.15, 0.2) is 389 Å². The second-order valence-corrected chi connectivity index (χ2v) is 51.8. The number of anilines is 2. The fraction of sp³-hybridized carbons (Fsp3) is 0.167. The highest BCUT2D eigenvalue weighted by Gasteiger charge is 2.52. The molecule has 2 heterocycles. The van der Waals surface area contributed by atoms with Crippen molar-refractivity contribution in [1.29, 1.82) is 0 Å². The largest absolute Gasteiger partial charge is 0.359 e. The van der Waals surface area contributed by atoms with Crippen molar-refractivity contribution in [3.63, 3.8) is 0 Å². The Balaban J connectivity index is 0.000000134. The quantitative estimate of drug-likeness (QED) is 0.0794. The van der Waals surface area contributed by atoms with E-state index < -0.39 is 43.6 Å². The highest BCUT2D eigenvalue weighted by atomic mass is 31.2. The lowest BCUT2D eigenvalue weighted by atomic mass is 10.3. The van der Waals surface area contributed by atoms with Gasteiger partial charge < -0.3 is 19.6 Å². The van der Waals surface area contributed by atoms with Gasteiger partial charge in [-0.15, -0.1) is 0 Å². The molecular formula is C96H106N4P6+6. The summed E-state index contributed by atoms with van der Waals surface area (Å²) in [5.74, 6) is 0. The Morgan fingerprint density at radius 2 is 0.462 bits per heavy atom. The highest BCUT2D eigenvalue weighted by Crippen LogP contribution is 2.60. The molecule has 15 rings (SSSR count). The molecule has 0 spiro atoms. The maximum absolute atomic E-state index is 2.59. The normalized spacial score (nSPS) is 14.4. The highest BCUT2D eigenvalue weighted by molar-refractivity contribution is 8.00. The zero-order valence-corrected chi connectivity index (χ0v) is 69.4.